The first kappa shape index (κ1) is 19.2. The first-order valence-corrected chi connectivity index (χ1v) is 8.74. The molecular weight excluding hydrogens is 358 g/mol. The van der Waals surface area contributed by atoms with Crippen molar-refractivity contribution in [1.29, 1.82) is 0 Å². The van der Waals surface area contributed by atoms with Gasteiger partial charge in [-0.25, -0.2) is 0 Å². The van der Waals surface area contributed by atoms with Crippen LogP contribution >= 0.6 is 0 Å². The summed E-state index contributed by atoms with van der Waals surface area (Å²) in [5.41, 5.74) is 3.15. The lowest BCUT2D eigenvalue weighted by Crippen LogP contribution is -2.16. The van der Waals surface area contributed by atoms with Gasteiger partial charge in [0.1, 0.15) is 11.5 Å². The molecule has 1 heterocycles. The highest BCUT2D eigenvalue weighted by Crippen LogP contribution is 2.24. The number of carbonyl (C=O) groups is 2. The Morgan fingerprint density at radius 1 is 1.04 bits per heavy atom. The van der Waals surface area contributed by atoms with Crippen LogP contribution in [-0.4, -0.2) is 24.1 Å². The third kappa shape index (κ3) is 4.37. The number of aromatic nitrogens is 1. The van der Waals surface area contributed by atoms with Crippen molar-refractivity contribution in [3.8, 4) is 5.75 Å². The van der Waals surface area contributed by atoms with Gasteiger partial charge in [-0.1, -0.05) is 17.3 Å². The Balaban J connectivity index is 1.63. The maximum absolute atomic E-state index is 12.4. The summed E-state index contributed by atoms with van der Waals surface area (Å²) in [6.45, 7) is 3.58. The molecule has 2 aromatic carbocycles. The minimum absolute atomic E-state index is 0.178. The van der Waals surface area contributed by atoms with Gasteiger partial charge in [-0.3, -0.25) is 9.59 Å². The molecule has 2 N–H and O–H groups in total. The number of hydrogen-bond acceptors (Lipinski definition) is 5. The summed E-state index contributed by atoms with van der Waals surface area (Å²) in [7, 11) is 1.55. The molecule has 0 bridgehead atoms. The van der Waals surface area contributed by atoms with Gasteiger partial charge in [-0.2, -0.15) is 0 Å². The molecule has 0 fully saturated rings. The summed E-state index contributed by atoms with van der Waals surface area (Å²) >= 11 is 0. The molecule has 1 aromatic heterocycles. The van der Waals surface area contributed by atoms with Crippen molar-refractivity contribution < 1.29 is 18.8 Å². The minimum Gasteiger partial charge on any atom is -0.495 e. The van der Waals surface area contributed by atoms with E-state index in [2.05, 4.69) is 15.8 Å². The molecule has 0 saturated carbocycles. The molecule has 0 aliphatic heterocycles. The predicted molar refractivity (Wildman–Crippen MR) is 106 cm³/mol. The number of para-hydroxylation sites is 2. The molecule has 0 atom stereocenters. The summed E-state index contributed by atoms with van der Waals surface area (Å²) in [4.78, 5) is 24.7. The second-order valence-electron chi connectivity index (χ2n) is 6.26. The average molecular weight is 379 g/mol. The summed E-state index contributed by atoms with van der Waals surface area (Å²) in [6, 6.07) is 13.8. The lowest BCUT2D eigenvalue weighted by atomic mass is 10.1. The number of ether oxygens (including phenoxy) is 1. The third-order valence-corrected chi connectivity index (χ3v) is 4.30. The van der Waals surface area contributed by atoms with Gasteiger partial charge >= 0.3 is 0 Å². The van der Waals surface area contributed by atoms with Crippen LogP contribution in [0.4, 0.5) is 11.4 Å². The molecule has 144 valence electrons. The molecule has 0 unspecified atom stereocenters. The number of methoxy groups -OCH3 is 1. The van der Waals surface area contributed by atoms with E-state index in [0.717, 1.165) is 5.56 Å². The fraction of sp³-hybridized carbons (Fsp3) is 0.190. The highest BCUT2D eigenvalue weighted by molar-refractivity contribution is 6.05. The van der Waals surface area contributed by atoms with E-state index in [1.165, 1.54) is 0 Å². The standard InChI is InChI=1S/C21H21N3O4/c1-13-17(14(2)28-24-13)12-20(25)22-16-10-8-15(9-11-16)21(26)23-18-6-4-5-7-19(18)27-3/h4-11H,12H2,1-3H3,(H,22,25)(H,23,26). The smallest absolute Gasteiger partial charge is 0.255 e. The van der Waals surface area contributed by atoms with Gasteiger partial charge in [0.2, 0.25) is 5.91 Å². The average Bonchev–Trinajstić information content (AvgIpc) is 3.01. The molecular formula is C21H21N3O4. The van der Waals surface area contributed by atoms with Crippen molar-refractivity contribution in [2.45, 2.75) is 20.3 Å². The van der Waals surface area contributed by atoms with Crippen LogP contribution in [0.15, 0.2) is 53.1 Å². The van der Waals surface area contributed by atoms with E-state index >= 15 is 0 Å². The zero-order valence-corrected chi connectivity index (χ0v) is 15.9. The van der Waals surface area contributed by atoms with Gasteiger partial charge in [0.15, 0.2) is 0 Å². The van der Waals surface area contributed by atoms with Gasteiger partial charge in [0.25, 0.3) is 5.91 Å². The van der Waals surface area contributed by atoms with Crippen LogP contribution in [0.1, 0.15) is 27.4 Å². The van der Waals surface area contributed by atoms with Crippen LogP contribution < -0.4 is 15.4 Å². The number of nitrogens with zero attached hydrogens (tertiary/aromatic N) is 1. The molecule has 0 aliphatic carbocycles. The van der Waals surface area contributed by atoms with E-state index in [4.69, 9.17) is 9.26 Å². The maximum atomic E-state index is 12.4. The molecule has 3 aromatic rings. The quantitative estimate of drug-likeness (QED) is 0.681. The van der Waals surface area contributed by atoms with E-state index in [1.807, 2.05) is 12.1 Å². The Morgan fingerprint density at radius 3 is 2.39 bits per heavy atom. The Hall–Kier alpha value is -3.61. The molecule has 3 rings (SSSR count). The van der Waals surface area contributed by atoms with Crippen LogP contribution in [0.3, 0.4) is 0 Å². The Labute approximate surface area is 162 Å². The number of rotatable bonds is 6. The Kier molecular flexibility index (Phi) is 5.74. The zero-order chi connectivity index (χ0) is 20.1. The van der Waals surface area contributed by atoms with Crippen molar-refractivity contribution in [3.63, 3.8) is 0 Å². The van der Waals surface area contributed by atoms with E-state index in [-0.39, 0.29) is 18.2 Å². The third-order valence-electron chi connectivity index (χ3n) is 4.30. The van der Waals surface area contributed by atoms with Crippen molar-refractivity contribution in [1.82, 2.24) is 5.16 Å². The van der Waals surface area contributed by atoms with Crippen LogP contribution in [0, 0.1) is 13.8 Å². The maximum Gasteiger partial charge on any atom is 0.255 e. The molecule has 0 spiro atoms. The topological polar surface area (TPSA) is 93.5 Å². The van der Waals surface area contributed by atoms with Crippen LogP contribution in [-0.2, 0) is 11.2 Å². The van der Waals surface area contributed by atoms with Gasteiger partial charge < -0.3 is 19.9 Å². The van der Waals surface area contributed by atoms with Crippen molar-refractivity contribution in [2.24, 2.45) is 0 Å². The number of amides is 2. The highest BCUT2D eigenvalue weighted by Gasteiger charge is 2.14. The number of anilines is 2. The van der Waals surface area contributed by atoms with E-state index in [1.54, 1.807) is 57.4 Å². The first-order valence-electron chi connectivity index (χ1n) is 8.74. The van der Waals surface area contributed by atoms with Gasteiger partial charge in [-0.05, 0) is 50.2 Å². The minimum atomic E-state index is -0.266. The summed E-state index contributed by atoms with van der Waals surface area (Å²) in [5, 5.41) is 9.47. The van der Waals surface area contributed by atoms with Crippen LogP contribution in [0.5, 0.6) is 5.75 Å². The van der Waals surface area contributed by atoms with E-state index in [9.17, 15) is 9.59 Å². The fourth-order valence-electron chi connectivity index (χ4n) is 2.77. The lowest BCUT2D eigenvalue weighted by molar-refractivity contribution is -0.115. The van der Waals surface area contributed by atoms with Gasteiger partial charge in [-0.15, -0.1) is 0 Å². The molecule has 0 aliphatic rings. The van der Waals surface area contributed by atoms with E-state index in [0.29, 0.717) is 34.1 Å². The van der Waals surface area contributed by atoms with Crippen LogP contribution in [0.25, 0.3) is 0 Å². The molecule has 7 heteroatoms. The molecule has 2 amide bonds. The molecule has 7 nitrogen and oxygen atoms in total. The molecule has 0 radical (unpaired) electrons. The number of aryl methyl sites for hydroxylation is 2. The predicted octanol–water partition coefficient (Wildman–Crippen LogP) is 3.73. The zero-order valence-electron chi connectivity index (χ0n) is 15.9. The monoisotopic (exact) mass is 379 g/mol. The second kappa shape index (κ2) is 8.39. The van der Waals surface area contributed by atoms with Gasteiger partial charge in [0.05, 0.1) is 24.9 Å². The van der Waals surface area contributed by atoms with Gasteiger partial charge in [0, 0.05) is 16.8 Å². The molecule has 0 saturated heterocycles. The number of hydrogen-bond donors (Lipinski definition) is 2. The Morgan fingerprint density at radius 2 is 1.75 bits per heavy atom. The fourth-order valence-corrected chi connectivity index (χ4v) is 2.77. The van der Waals surface area contributed by atoms with Crippen molar-refractivity contribution in [2.75, 3.05) is 17.7 Å². The molecule has 28 heavy (non-hydrogen) atoms. The summed E-state index contributed by atoms with van der Waals surface area (Å²) in [6.07, 6.45) is 0.178. The first-order chi connectivity index (χ1) is 13.5. The summed E-state index contributed by atoms with van der Waals surface area (Å²) < 4.78 is 10.3. The van der Waals surface area contributed by atoms with Crippen molar-refractivity contribution >= 4 is 23.2 Å². The number of carbonyl (C=O) groups excluding carboxylic acids is 2. The SMILES string of the molecule is COc1ccccc1NC(=O)c1ccc(NC(=O)Cc2c(C)noc2C)cc1. The number of nitrogens with one attached hydrogen (secondary N) is 2. The largest absolute Gasteiger partial charge is 0.495 e. The highest BCUT2D eigenvalue weighted by atomic mass is 16.5. The lowest BCUT2D eigenvalue weighted by Gasteiger charge is -2.10. The van der Waals surface area contributed by atoms with E-state index < -0.39 is 0 Å². The normalized spacial score (nSPS) is 10.4. The number of benzene rings is 2. The van der Waals surface area contributed by atoms with Crippen LogP contribution in [0.2, 0.25) is 0 Å². The Bertz CT molecular complexity index is 974. The second-order valence-corrected chi connectivity index (χ2v) is 6.26. The summed E-state index contributed by atoms with van der Waals surface area (Å²) in [5.74, 6) is 0.772. The van der Waals surface area contributed by atoms with Crippen molar-refractivity contribution in [3.05, 3.63) is 71.1 Å².